The van der Waals surface area contributed by atoms with E-state index < -0.39 is 0 Å². The van der Waals surface area contributed by atoms with Crippen LogP contribution < -0.4 is 0 Å². The summed E-state index contributed by atoms with van der Waals surface area (Å²) < 4.78 is 4.94. The molecule has 0 aromatic carbocycles. The van der Waals surface area contributed by atoms with Crippen LogP contribution in [-0.2, 0) is 9.53 Å². The Balaban J connectivity index is 3.79. The van der Waals surface area contributed by atoms with Gasteiger partial charge in [-0.3, -0.25) is 0 Å². The molecule has 2 nitrogen and oxygen atoms in total. The fraction of sp³-hybridized carbons (Fsp3) is 0.667. The van der Waals surface area contributed by atoms with Crippen molar-refractivity contribution in [1.82, 2.24) is 0 Å². The van der Waals surface area contributed by atoms with Gasteiger partial charge >= 0.3 is 0 Å². The monoisotopic (exact) mass is 156 g/mol. The maximum atomic E-state index is 10.5. The van der Waals surface area contributed by atoms with Gasteiger partial charge in [0.2, 0.25) is 0 Å². The zero-order chi connectivity index (χ0) is 8.69. The van der Waals surface area contributed by atoms with Crippen LogP contribution in [-0.4, -0.2) is 20.0 Å². The topological polar surface area (TPSA) is 26.3 Å². The molecular weight excluding hydrogens is 140 g/mol. The summed E-state index contributed by atoms with van der Waals surface area (Å²) in [5.41, 5.74) is 0. The maximum Gasteiger partial charge on any atom is 0.123 e. The Morgan fingerprint density at radius 3 is 2.64 bits per heavy atom. The molecule has 0 aromatic rings. The fourth-order valence-corrected chi connectivity index (χ4v) is 1.00. The third kappa shape index (κ3) is 3.94. The average Bonchev–Trinajstić information content (AvgIpc) is 2.00. The van der Waals surface area contributed by atoms with Crippen molar-refractivity contribution in [3.63, 3.8) is 0 Å². The molecular formula is C9H16O2. The standard InChI is InChI=1S/C9H16O2/c1-4-5-9(6-10)8(2)7-11-3/h4,6,8-9H,1,5,7H2,2-3H3/t8-,9+/m1/s1. The van der Waals surface area contributed by atoms with E-state index in [1.807, 2.05) is 6.92 Å². The minimum Gasteiger partial charge on any atom is -0.384 e. The highest BCUT2D eigenvalue weighted by Gasteiger charge is 2.13. The lowest BCUT2D eigenvalue weighted by Crippen LogP contribution is -2.17. The van der Waals surface area contributed by atoms with E-state index in [1.165, 1.54) is 0 Å². The van der Waals surface area contributed by atoms with Crippen molar-refractivity contribution >= 4 is 6.29 Å². The number of hydrogen-bond acceptors (Lipinski definition) is 2. The molecule has 11 heavy (non-hydrogen) atoms. The highest BCUT2D eigenvalue weighted by Crippen LogP contribution is 2.13. The Morgan fingerprint density at radius 1 is 1.64 bits per heavy atom. The molecule has 0 aromatic heterocycles. The van der Waals surface area contributed by atoms with Gasteiger partial charge in [0.15, 0.2) is 0 Å². The van der Waals surface area contributed by atoms with E-state index in [9.17, 15) is 4.79 Å². The number of methoxy groups -OCH3 is 1. The molecule has 0 radical (unpaired) electrons. The molecule has 0 saturated heterocycles. The van der Waals surface area contributed by atoms with E-state index in [1.54, 1.807) is 13.2 Å². The highest BCUT2D eigenvalue weighted by atomic mass is 16.5. The van der Waals surface area contributed by atoms with Crippen LogP contribution in [0.1, 0.15) is 13.3 Å². The molecule has 0 rings (SSSR count). The zero-order valence-corrected chi connectivity index (χ0v) is 7.25. The second kappa shape index (κ2) is 6.10. The molecule has 0 spiro atoms. The first-order chi connectivity index (χ1) is 5.26. The number of ether oxygens (including phenoxy) is 1. The first kappa shape index (κ1) is 10.4. The number of allylic oxidation sites excluding steroid dienone is 1. The molecule has 64 valence electrons. The van der Waals surface area contributed by atoms with Crippen molar-refractivity contribution in [1.29, 1.82) is 0 Å². The molecule has 0 saturated carbocycles. The number of aldehydes is 1. The molecule has 0 unspecified atom stereocenters. The summed E-state index contributed by atoms with van der Waals surface area (Å²) in [7, 11) is 1.65. The largest absolute Gasteiger partial charge is 0.384 e. The first-order valence-electron chi connectivity index (χ1n) is 3.81. The SMILES string of the molecule is C=CC[C@@H](C=O)[C@H](C)COC. The molecule has 0 amide bonds. The summed E-state index contributed by atoms with van der Waals surface area (Å²) in [6.07, 6.45) is 3.49. The second-order valence-corrected chi connectivity index (χ2v) is 2.76. The van der Waals surface area contributed by atoms with Crippen LogP contribution >= 0.6 is 0 Å². The zero-order valence-electron chi connectivity index (χ0n) is 7.25. The number of hydrogen-bond donors (Lipinski definition) is 0. The molecule has 0 aliphatic carbocycles. The van der Waals surface area contributed by atoms with Crippen molar-refractivity contribution in [3.05, 3.63) is 12.7 Å². The van der Waals surface area contributed by atoms with Gasteiger partial charge in [0.1, 0.15) is 6.29 Å². The van der Waals surface area contributed by atoms with E-state index in [4.69, 9.17) is 4.74 Å². The van der Waals surface area contributed by atoms with Crippen LogP contribution in [0.5, 0.6) is 0 Å². The lowest BCUT2D eigenvalue weighted by atomic mass is 9.93. The smallest absolute Gasteiger partial charge is 0.123 e. The Hall–Kier alpha value is -0.630. The summed E-state index contributed by atoms with van der Waals surface area (Å²) in [6.45, 7) is 6.23. The third-order valence-corrected chi connectivity index (χ3v) is 1.77. The van der Waals surface area contributed by atoms with Gasteiger partial charge in [0.25, 0.3) is 0 Å². The molecule has 2 atom stereocenters. The Bertz CT molecular complexity index is 121. The van der Waals surface area contributed by atoms with Gasteiger partial charge < -0.3 is 9.53 Å². The molecule has 0 heterocycles. The maximum absolute atomic E-state index is 10.5. The first-order valence-corrected chi connectivity index (χ1v) is 3.81. The molecule has 2 heteroatoms. The van der Waals surface area contributed by atoms with E-state index >= 15 is 0 Å². The summed E-state index contributed by atoms with van der Waals surface area (Å²) in [5.74, 6) is 0.350. The molecule has 0 aliphatic heterocycles. The average molecular weight is 156 g/mol. The number of rotatable bonds is 6. The van der Waals surface area contributed by atoms with Gasteiger partial charge in [0.05, 0.1) is 0 Å². The van der Waals surface area contributed by atoms with Crippen LogP contribution in [0.15, 0.2) is 12.7 Å². The molecule has 0 fully saturated rings. The molecule has 0 aliphatic rings. The van der Waals surface area contributed by atoms with E-state index in [2.05, 4.69) is 6.58 Å². The lowest BCUT2D eigenvalue weighted by molar-refractivity contribution is -0.112. The van der Waals surface area contributed by atoms with Gasteiger partial charge in [-0.2, -0.15) is 0 Å². The van der Waals surface area contributed by atoms with Crippen LogP contribution in [0.3, 0.4) is 0 Å². The lowest BCUT2D eigenvalue weighted by Gasteiger charge is -2.15. The Kier molecular flexibility index (Phi) is 5.75. The Morgan fingerprint density at radius 2 is 2.27 bits per heavy atom. The van der Waals surface area contributed by atoms with Crippen molar-refractivity contribution in [2.75, 3.05) is 13.7 Å². The normalized spacial score (nSPS) is 15.5. The quantitative estimate of drug-likeness (QED) is 0.432. The second-order valence-electron chi connectivity index (χ2n) is 2.76. The van der Waals surface area contributed by atoms with E-state index in [0.29, 0.717) is 6.61 Å². The number of carbonyl (C=O) groups is 1. The summed E-state index contributed by atoms with van der Waals surface area (Å²) in [6, 6.07) is 0. The van der Waals surface area contributed by atoms with Crippen molar-refractivity contribution < 1.29 is 9.53 Å². The molecule has 0 N–H and O–H groups in total. The van der Waals surface area contributed by atoms with Crippen molar-refractivity contribution in [2.45, 2.75) is 13.3 Å². The van der Waals surface area contributed by atoms with Gasteiger partial charge in [-0.25, -0.2) is 0 Å². The van der Waals surface area contributed by atoms with Gasteiger partial charge in [-0.15, -0.1) is 6.58 Å². The number of carbonyl (C=O) groups excluding carboxylic acids is 1. The van der Waals surface area contributed by atoms with Crippen LogP contribution in [0.4, 0.5) is 0 Å². The predicted octanol–water partition coefficient (Wildman–Crippen LogP) is 1.66. The van der Waals surface area contributed by atoms with Crippen molar-refractivity contribution in [3.8, 4) is 0 Å². The van der Waals surface area contributed by atoms with Crippen LogP contribution in [0.25, 0.3) is 0 Å². The highest BCUT2D eigenvalue weighted by molar-refractivity contribution is 5.54. The van der Waals surface area contributed by atoms with E-state index in [-0.39, 0.29) is 11.8 Å². The predicted molar refractivity (Wildman–Crippen MR) is 45.4 cm³/mol. The summed E-state index contributed by atoms with van der Waals surface area (Å²) >= 11 is 0. The van der Waals surface area contributed by atoms with Gasteiger partial charge in [-0.05, 0) is 12.3 Å². The Labute approximate surface area is 68.2 Å². The summed E-state index contributed by atoms with van der Waals surface area (Å²) in [5, 5.41) is 0. The van der Waals surface area contributed by atoms with Crippen LogP contribution in [0.2, 0.25) is 0 Å². The van der Waals surface area contributed by atoms with Crippen LogP contribution in [0, 0.1) is 11.8 Å². The minimum absolute atomic E-state index is 0.0625. The third-order valence-electron chi connectivity index (χ3n) is 1.77. The van der Waals surface area contributed by atoms with Gasteiger partial charge in [-0.1, -0.05) is 13.0 Å². The molecule has 0 bridgehead atoms. The minimum atomic E-state index is 0.0625. The summed E-state index contributed by atoms with van der Waals surface area (Å²) in [4.78, 5) is 10.5. The van der Waals surface area contributed by atoms with Crippen molar-refractivity contribution in [2.24, 2.45) is 11.8 Å². The van der Waals surface area contributed by atoms with Gasteiger partial charge in [0, 0.05) is 19.6 Å². The fourth-order valence-electron chi connectivity index (χ4n) is 1.00. The van der Waals surface area contributed by atoms with E-state index in [0.717, 1.165) is 12.7 Å².